The van der Waals surface area contributed by atoms with Crippen molar-refractivity contribution in [3.05, 3.63) is 63.6 Å². The summed E-state index contributed by atoms with van der Waals surface area (Å²) in [6, 6.07) is 13.0. The van der Waals surface area contributed by atoms with Crippen LogP contribution in [-0.2, 0) is 9.59 Å². The van der Waals surface area contributed by atoms with Crippen LogP contribution in [-0.4, -0.2) is 66.3 Å². The van der Waals surface area contributed by atoms with Gasteiger partial charge in [0.05, 0.1) is 16.6 Å². The van der Waals surface area contributed by atoms with E-state index >= 15 is 0 Å². The van der Waals surface area contributed by atoms with E-state index in [4.69, 9.17) is 23.2 Å². The second kappa shape index (κ2) is 11.4. The standard InChI is InChI=1S/C26H30Cl2N4O3/c1-17(33)30-24-5-3-2-4-21(24)18-8-11-31(12-9-18)20-10-13-32(16-20)25(34)15-29-26(35)19-6-7-22(27)23(28)14-19/h2-7,14,18,20H,8-13,15-16H2,1H3,(H,29,35)(H,30,33). The van der Waals surface area contributed by atoms with E-state index in [0.717, 1.165) is 38.0 Å². The van der Waals surface area contributed by atoms with E-state index in [1.807, 2.05) is 23.1 Å². The summed E-state index contributed by atoms with van der Waals surface area (Å²) in [6.45, 7) is 4.77. The van der Waals surface area contributed by atoms with E-state index in [9.17, 15) is 14.4 Å². The van der Waals surface area contributed by atoms with Gasteiger partial charge in [-0.3, -0.25) is 19.3 Å². The smallest absolute Gasteiger partial charge is 0.251 e. The van der Waals surface area contributed by atoms with Crippen LogP contribution >= 0.6 is 23.2 Å². The molecule has 7 nitrogen and oxygen atoms in total. The van der Waals surface area contributed by atoms with Crippen molar-refractivity contribution in [1.82, 2.24) is 15.1 Å². The minimum Gasteiger partial charge on any atom is -0.343 e. The van der Waals surface area contributed by atoms with Crippen molar-refractivity contribution < 1.29 is 14.4 Å². The summed E-state index contributed by atoms with van der Waals surface area (Å²) in [5, 5.41) is 6.32. The van der Waals surface area contributed by atoms with Crippen LogP contribution in [0.4, 0.5) is 5.69 Å². The Balaban J connectivity index is 1.25. The molecule has 0 bridgehead atoms. The number of hydrogen-bond donors (Lipinski definition) is 2. The van der Waals surface area contributed by atoms with Crippen LogP contribution in [0.5, 0.6) is 0 Å². The molecule has 0 aromatic heterocycles. The number of carbonyl (C=O) groups excluding carboxylic acids is 3. The van der Waals surface area contributed by atoms with Gasteiger partial charge in [0.2, 0.25) is 11.8 Å². The van der Waals surface area contributed by atoms with E-state index in [2.05, 4.69) is 21.6 Å². The third-order valence-electron chi connectivity index (χ3n) is 6.86. The molecule has 0 spiro atoms. The number of amides is 3. The fraction of sp³-hybridized carbons (Fsp3) is 0.423. The topological polar surface area (TPSA) is 81.8 Å². The average Bonchev–Trinajstić information content (AvgIpc) is 3.35. The number of likely N-dealkylation sites (tertiary alicyclic amines) is 2. The van der Waals surface area contributed by atoms with E-state index in [-0.39, 0.29) is 24.3 Å². The van der Waals surface area contributed by atoms with Crippen LogP contribution in [0.15, 0.2) is 42.5 Å². The number of anilines is 1. The highest BCUT2D eigenvalue weighted by Crippen LogP contribution is 2.34. The van der Waals surface area contributed by atoms with Crippen LogP contribution in [0.3, 0.4) is 0 Å². The molecule has 2 aromatic carbocycles. The van der Waals surface area contributed by atoms with Crippen LogP contribution in [0.25, 0.3) is 0 Å². The molecule has 2 aromatic rings. The summed E-state index contributed by atoms with van der Waals surface area (Å²) in [5.41, 5.74) is 2.47. The molecule has 4 rings (SSSR count). The lowest BCUT2D eigenvalue weighted by Crippen LogP contribution is -2.44. The highest BCUT2D eigenvalue weighted by molar-refractivity contribution is 6.42. The van der Waals surface area contributed by atoms with Crippen LogP contribution in [0.1, 0.15) is 48.0 Å². The molecule has 9 heteroatoms. The van der Waals surface area contributed by atoms with Gasteiger partial charge in [0.1, 0.15) is 0 Å². The minimum atomic E-state index is -0.353. The van der Waals surface area contributed by atoms with Crippen molar-refractivity contribution in [1.29, 1.82) is 0 Å². The summed E-state index contributed by atoms with van der Waals surface area (Å²) in [4.78, 5) is 40.9. The lowest BCUT2D eigenvalue weighted by molar-refractivity contribution is -0.129. The molecule has 2 N–H and O–H groups in total. The van der Waals surface area contributed by atoms with Crippen molar-refractivity contribution in [3.8, 4) is 0 Å². The number of halogens is 2. The zero-order valence-corrected chi connectivity index (χ0v) is 21.2. The summed E-state index contributed by atoms with van der Waals surface area (Å²) < 4.78 is 0. The molecule has 1 atom stereocenters. The third kappa shape index (κ3) is 6.34. The third-order valence-corrected chi connectivity index (χ3v) is 7.59. The van der Waals surface area contributed by atoms with Gasteiger partial charge in [0, 0.05) is 37.3 Å². The minimum absolute atomic E-state index is 0.0478. The van der Waals surface area contributed by atoms with E-state index in [0.29, 0.717) is 40.7 Å². The number of para-hydroxylation sites is 1. The second-order valence-electron chi connectivity index (χ2n) is 9.17. The van der Waals surface area contributed by atoms with E-state index in [1.54, 1.807) is 12.1 Å². The first-order valence-electron chi connectivity index (χ1n) is 11.9. The molecule has 0 saturated carbocycles. The molecule has 2 saturated heterocycles. The predicted molar refractivity (Wildman–Crippen MR) is 138 cm³/mol. The number of piperidine rings is 1. The first kappa shape index (κ1) is 25.5. The normalized spacial score (nSPS) is 18.9. The molecule has 0 aliphatic carbocycles. The number of nitrogens with one attached hydrogen (secondary N) is 2. The summed E-state index contributed by atoms with van der Waals surface area (Å²) >= 11 is 11.9. The average molecular weight is 517 g/mol. The van der Waals surface area contributed by atoms with Crippen LogP contribution in [0, 0.1) is 0 Å². The molecular formula is C26H30Cl2N4O3. The lowest BCUT2D eigenvalue weighted by Gasteiger charge is -2.36. The molecule has 35 heavy (non-hydrogen) atoms. The Labute approximate surface area is 215 Å². The first-order valence-corrected chi connectivity index (χ1v) is 12.7. The zero-order chi connectivity index (χ0) is 24.9. The Morgan fingerprint density at radius 3 is 2.43 bits per heavy atom. The summed E-state index contributed by atoms with van der Waals surface area (Å²) in [5.74, 6) is -0.0851. The molecular weight excluding hydrogens is 487 g/mol. The van der Waals surface area contributed by atoms with Gasteiger partial charge in [-0.15, -0.1) is 0 Å². The lowest BCUT2D eigenvalue weighted by atomic mass is 9.87. The number of benzene rings is 2. The maximum atomic E-state index is 12.7. The van der Waals surface area contributed by atoms with Gasteiger partial charge in [-0.1, -0.05) is 41.4 Å². The SMILES string of the molecule is CC(=O)Nc1ccccc1C1CCN(C2CCN(C(=O)CNC(=O)c3ccc(Cl)c(Cl)c3)C2)CC1. The maximum absolute atomic E-state index is 12.7. The molecule has 2 aliphatic rings. The number of hydrogen-bond acceptors (Lipinski definition) is 4. The van der Waals surface area contributed by atoms with Gasteiger partial charge in [0.15, 0.2) is 0 Å². The van der Waals surface area contributed by atoms with Crippen molar-refractivity contribution in [2.45, 2.75) is 38.1 Å². The summed E-state index contributed by atoms with van der Waals surface area (Å²) in [6.07, 6.45) is 2.96. The Morgan fingerprint density at radius 1 is 0.971 bits per heavy atom. The molecule has 3 amide bonds. The van der Waals surface area contributed by atoms with Crippen molar-refractivity contribution in [3.63, 3.8) is 0 Å². The quantitative estimate of drug-likeness (QED) is 0.603. The number of nitrogens with zero attached hydrogens (tertiary/aromatic N) is 2. The van der Waals surface area contributed by atoms with Gasteiger partial charge in [-0.05, 0) is 68.1 Å². The van der Waals surface area contributed by atoms with Crippen LogP contribution in [0.2, 0.25) is 10.0 Å². The Morgan fingerprint density at radius 2 is 1.71 bits per heavy atom. The van der Waals surface area contributed by atoms with Crippen molar-refractivity contribution in [2.75, 3.05) is 38.0 Å². The Kier molecular flexibility index (Phi) is 8.31. The van der Waals surface area contributed by atoms with E-state index < -0.39 is 0 Å². The Hall–Kier alpha value is -2.61. The monoisotopic (exact) mass is 516 g/mol. The maximum Gasteiger partial charge on any atom is 0.251 e. The molecule has 2 aliphatic heterocycles. The number of rotatable bonds is 6. The van der Waals surface area contributed by atoms with Gasteiger partial charge in [-0.2, -0.15) is 0 Å². The van der Waals surface area contributed by atoms with Crippen LogP contribution < -0.4 is 10.6 Å². The van der Waals surface area contributed by atoms with Gasteiger partial charge >= 0.3 is 0 Å². The highest BCUT2D eigenvalue weighted by atomic mass is 35.5. The van der Waals surface area contributed by atoms with Gasteiger partial charge in [0.25, 0.3) is 5.91 Å². The van der Waals surface area contributed by atoms with Gasteiger partial charge < -0.3 is 15.5 Å². The molecule has 1 unspecified atom stereocenters. The van der Waals surface area contributed by atoms with E-state index in [1.165, 1.54) is 18.6 Å². The second-order valence-corrected chi connectivity index (χ2v) is 9.99. The molecule has 0 radical (unpaired) electrons. The first-order chi connectivity index (χ1) is 16.8. The fourth-order valence-electron chi connectivity index (χ4n) is 5.01. The summed E-state index contributed by atoms with van der Waals surface area (Å²) in [7, 11) is 0. The largest absolute Gasteiger partial charge is 0.343 e. The predicted octanol–water partition coefficient (Wildman–Crippen LogP) is 4.16. The fourth-order valence-corrected chi connectivity index (χ4v) is 5.30. The zero-order valence-electron chi connectivity index (χ0n) is 19.7. The Bertz CT molecular complexity index is 1100. The molecule has 186 valence electrons. The van der Waals surface area contributed by atoms with Gasteiger partial charge in [-0.25, -0.2) is 0 Å². The highest BCUT2D eigenvalue weighted by Gasteiger charge is 2.33. The molecule has 2 heterocycles. The number of carbonyl (C=O) groups is 3. The van der Waals surface area contributed by atoms with Crippen molar-refractivity contribution in [2.24, 2.45) is 0 Å². The molecule has 2 fully saturated rings. The van der Waals surface area contributed by atoms with Crippen molar-refractivity contribution >= 4 is 46.6 Å².